The van der Waals surface area contributed by atoms with Crippen LogP contribution in [0.1, 0.15) is 19.8 Å². The molecule has 0 spiro atoms. The lowest BCUT2D eigenvalue weighted by molar-refractivity contribution is 0.415. The van der Waals surface area contributed by atoms with Crippen molar-refractivity contribution < 1.29 is 4.74 Å². The van der Waals surface area contributed by atoms with Crippen LogP contribution in [0.3, 0.4) is 0 Å². The van der Waals surface area contributed by atoms with Gasteiger partial charge in [-0.15, -0.1) is 11.3 Å². The molecule has 0 radical (unpaired) electrons. The van der Waals surface area contributed by atoms with Gasteiger partial charge in [0.2, 0.25) is 5.43 Å². The lowest BCUT2D eigenvalue weighted by Crippen LogP contribution is -2.24. The van der Waals surface area contributed by atoms with E-state index in [4.69, 9.17) is 4.74 Å². The second kappa shape index (κ2) is 6.06. The van der Waals surface area contributed by atoms with Crippen LogP contribution in [0.5, 0.6) is 5.75 Å². The molecule has 3 nitrogen and oxygen atoms in total. The number of rotatable bonds is 5. The molecular formula is C15H19NO2S. The van der Waals surface area contributed by atoms with Crippen molar-refractivity contribution in [1.29, 1.82) is 0 Å². The number of ether oxygens (including phenoxy) is 1. The first kappa shape index (κ1) is 13.9. The van der Waals surface area contributed by atoms with Crippen molar-refractivity contribution >= 4 is 27.1 Å². The van der Waals surface area contributed by atoms with E-state index in [2.05, 4.69) is 6.92 Å². The molecule has 0 aliphatic heterocycles. The smallest absolute Gasteiger partial charge is 0.211 e. The van der Waals surface area contributed by atoms with E-state index in [1.165, 1.54) is 0 Å². The summed E-state index contributed by atoms with van der Waals surface area (Å²) < 4.78 is 6.19. The Balaban J connectivity index is 2.46. The van der Waals surface area contributed by atoms with Crippen LogP contribution in [0.2, 0.25) is 0 Å². The lowest BCUT2D eigenvalue weighted by atomic mass is 10.2. The Morgan fingerprint density at radius 2 is 2.16 bits per heavy atom. The highest BCUT2D eigenvalue weighted by Crippen LogP contribution is 2.24. The molecule has 0 saturated carbocycles. The monoisotopic (exact) mass is 277 g/mol. The minimum atomic E-state index is 0.0891. The molecule has 0 N–H and O–H groups in total. The maximum atomic E-state index is 12.5. The zero-order chi connectivity index (χ0) is 13.8. The van der Waals surface area contributed by atoms with Crippen molar-refractivity contribution in [2.45, 2.75) is 19.8 Å². The molecule has 0 unspecified atom stereocenters. The van der Waals surface area contributed by atoms with Gasteiger partial charge in [0, 0.05) is 29.1 Å². The molecule has 4 heteroatoms. The molecule has 2 rings (SSSR count). The Kier molecular flexibility index (Phi) is 4.43. The van der Waals surface area contributed by atoms with E-state index in [0.29, 0.717) is 0 Å². The summed E-state index contributed by atoms with van der Waals surface area (Å²) in [7, 11) is 3.59. The van der Waals surface area contributed by atoms with Gasteiger partial charge >= 0.3 is 0 Å². The number of benzene rings is 1. The Bertz CT molecular complexity index is 621. The average molecular weight is 277 g/mol. The number of hydrogen-bond acceptors (Lipinski definition) is 4. The van der Waals surface area contributed by atoms with Gasteiger partial charge < -0.3 is 9.64 Å². The van der Waals surface area contributed by atoms with Gasteiger partial charge in [-0.05, 0) is 24.6 Å². The van der Waals surface area contributed by atoms with Gasteiger partial charge in [0.1, 0.15) is 5.75 Å². The highest BCUT2D eigenvalue weighted by atomic mass is 32.1. The number of unbranched alkanes of at least 4 members (excludes halogenated alkanes) is 1. The van der Waals surface area contributed by atoms with Crippen LogP contribution in [0.25, 0.3) is 10.1 Å². The van der Waals surface area contributed by atoms with Gasteiger partial charge in [0.05, 0.1) is 12.8 Å². The van der Waals surface area contributed by atoms with Gasteiger partial charge in [0.15, 0.2) is 0 Å². The quantitative estimate of drug-likeness (QED) is 0.837. The standard InChI is InChI=1S/C15H19NO2S/c1-4-5-8-16(2)13-10-19-14-7-6-11(18-3)9-12(14)15(13)17/h6-7,9-10H,4-5,8H2,1-3H3. The first-order valence-electron chi connectivity index (χ1n) is 6.48. The predicted octanol–water partition coefficient (Wildman–Crippen LogP) is 3.51. The highest BCUT2D eigenvalue weighted by molar-refractivity contribution is 7.16. The fraction of sp³-hybridized carbons (Fsp3) is 0.400. The minimum absolute atomic E-state index is 0.0891. The number of anilines is 1. The van der Waals surface area contributed by atoms with Crippen molar-refractivity contribution in [3.05, 3.63) is 33.8 Å². The first-order valence-corrected chi connectivity index (χ1v) is 7.36. The Hall–Kier alpha value is -1.55. The molecule has 19 heavy (non-hydrogen) atoms. The molecular weight excluding hydrogens is 258 g/mol. The van der Waals surface area contributed by atoms with E-state index in [-0.39, 0.29) is 5.43 Å². The van der Waals surface area contributed by atoms with E-state index >= 15 is 0 Å². The predicted molar refractivity (Wildman–Crippen MR) is 82.8 cm³/mol. The Labute approximate surface area is 117 Å². The van der Waals surface area contributed by atoms with Gasteiger partial charge in [0.25, 0.3) is 0 Å². The topological polar surface area (TPSA) is 29.5 Å². The summed E-state index contributed by atoms with van der Waals surface area (Å²) in [6.45, 7) is 3.06. The van der Waals surface area contributed by atoms with Crippen molar-refractivity contribution in [3.8, 4) is 5.75 Å². The summed E-state index contributed by atoms with van der Waals surface area (Å²) in [6, 6.07) is 5.65. The van der Waals surface area contributed by atoms with Crippen LogP contribution in [0.4, 0.5) is 5.69 Å². The maximum absolute atomic E-state index is 12.5. The van der Waals surface area contributed by atoms with Gasteiger partial charge in [-0.25, -0.2) is 0 Å². The molecule has 1 heterocycles. The summed E-state index contributed by atoms with van der Waals surface area (Å²) in [5, 5.41) is 2.69. The summed E-state index contributed by atoms with van der Waals surface area (Å²) in [5.41, 5.74) is 0.866. The zero-order valence-corrected chi connectivity index (χ0v) is 12.4. The first-order chi connectivity index (χ1) is 9.17. The zero-order valence-electron chi connectivity index (χ0n) is 11.6. The largest absolute Gasteiger partial charge is 0.497 e. The van der Waals surface area contributed by atoms with Crippen molar-refractivity contribution in [1.82, 2.24) is 0 Å². The van der Waals surface area contributed by atoms with Gasteiger partial charge in [-0.3, -0.25) is 4.79 Å². The van der Waals surface area contributed by atoms with Crippen molar-refractivity contribution in [3.63, 3.8) is 0 Å². The van der Waals surface area contributed by atoms with Gasteiger partial charge in [-0.1, -0.05) is 13.3 Å². The van der Waals surface area contributed by atoms with E-state index < -0.39 is 0 Å². The van der Waals surface area contributed by atoms with Crippen LogP contribution in [0.15, 0.2) is 28.4 Å². The van der Waals surface area contributed by atoms with Crippen LogP contribution >= 0.6 is 11.3 Å². The number of nitrogens with zero attached hydrogens (tertiary/aromatic N) is 1. The van der Waals surface area contributed by atoms with E-state index in [9.17, 15) is 4.79 Å². The van der Waals surface area contributed by atoms with Gasteiger partial charge in [-0.2, -0.15) is 0 Å². The highest BCUT2D eigenvalue weighted by Gasteiger charge is 2.10. The molecule has 0 aliphatic carbocycles. The number of methoxy groups -OCH3 is 1. The number of hydrogen-bond donors (Lipinski definition) is 0. The molecule has 0 atom stereocenters. The Morgan fingerprint density at radius 3 is 2.84 bits per heavy atom. The van der Waals surface area contributed by atoms with Crippen LogP contribution in [-0.2, 0) is 0 Å². The molecule has 1 aromatic heterocycles. The molecule has 0 saturated heterocycles. The van der Waals surface area contributed by atoms with E-state index in [1.54, 1.807) is 18.4 Å². The lowest BCUT2D eigenvalue weighted by Gasteiger charge is -2.18. The summed E-state index contributed by atoms with van der Waals surface area (Å²) in [4.78, 5) is 14.6. The fourth-order valence-corrected chi connectivity index (χ4v) is 2.96. The molecule has 0 amide bonds. The summed E-state index contributed by atoms with van der Waals surface area (Å²) in [6.07, 6.45) is 2.22. The number of fused-ring (bicyclic) bond motifs is 1. The molecule has 0 bridgehead atoms. The average Bonchev–Trinajstić information content (AvgIpc) is 2.45. The minimum Gasteiger partial charge on any atom is -0.497 e. The molecule has 0 fully saturated rings. The van der Waals surface area contributed by atoms with E-state index in [0.717, 1.165) is 40.9 Å². The third-order valence-corrected chi connectivity index (χ3v) is 4.17. The molecule has 1 aromatic carbocycles. The summed E-state index contributed by atoms with van der Waals surface area (Å²) >= 11 is 1.60. The third-order valence-electron chi connectivity index (χ3n) is 3.22. The van der Waals surface area contributed by atoms with Crippen LogP contribution in [0, 0.1) is 0 Å². The third kappa shape index (κ3) is 2.89. The SMILES string of the molecule is CCCCN(C)c1csc2ccc(OC)cc2c1=O. The second-order valence-electron chi connectivity index (χ2n) is 4.59. The van der Waals surface area contributed by atoms with Crippen LogP contribution < -0.4 is 15.1 Å². The van der Waals surface area contributed by atoms with Crippen molar-refractivity contribution in [2.24, 2.45) is 0 Å². The summed E-state index contributed by atoms with van der Waals surface area (Å²) in [5.74, 6) is 0.727. The second-order valence-corrected chi connectivity index (χ2v) is 5.50. The molecule has 0 aliphatic rings. The normalized spacial score (nSPS) is 10.7. The Morgan fingerprint density at radius 1 is 1.37 bits per heavy atom. The maximum Gasteiger partial charge on any atom is 0.211 e. The van der Waals surface area contributed by atoms with E-state index in [1.807, 2.05) is 35.5 Å². The molecule has 2 aromatic rings. The van der Waals surface area contributed by atoms with Crippen molar-refractivity contribution in [2.75, 3.05) is 25.6 Å². The van der Waals surface area contributed by atoms with Crippen LogP contribution in [-0.4, -0.2) is 20.7 Å². The fourth-order valence-electron chi connectivity index (χ4n) is 2.01. The molecule has 102 valence electrons.